The summed E-state index contributed by atoms with van der Waals surface area (Å²) in [6.07, 6.45) is 0.148. The lowest BCUT2D eigenvalue weighted by atomic mass is 9.96. The largest absolute Gasteiger partial charge is 0.416 e. The number of carbonyl (C=O) groups excluding carboxylic acids is 2. The molecule has 1 amide bonds. The fourth-order valence-electron chi connectivity index (χ4n) is 3.39. The van der Waals surface area contributed by atoms with E-state index in [2.05, 4.69) is 20.8 Å². The lowest BCUT2D eigenvalue weighted by Crippen LogP contribution is -2.28. The van der Waals surface area contributed by atoms with E-state index in [0.29, 0.717) is 34.6 Å². The highest BCUT2D eigenvalue weighted by Gasteiger charge is 2.30. The Kier molecular flexibility index (Phi) is 8.40. The molecule has 0 saturated heterocycles. The number of carbonyl (C=O) groups is 2. The number of hydroxylamine groups is 1. The Morgan fingerprint density at radius 3 is 2.31 bits per heavy atom. The summed E-state index contributed by atoms with van der Waals surface area (Å²) in [4.78, 5) is 37.4. The van der Waals surface area contributed by atoms with Crippen LogP contribution in [-0.2, 0) is 15.8 Å². The van der Waals surface area contributed by atoms with Crippen LogP contribution in [0.1, 0.15) is 60.6 Å². The lowest BCUT2D eigenvalue weighted by molar-refractivity contribution is -0.148. The van der Waals surface area contributed by atoms with E-state index in [1.807, 2.05) is 6.92 Å². The Morgan fingerprint density at radius 2 is 1.71 bits per heavy atom. The molecule has 0 bridgehead atoms. The quantitative estimate of drug-likeness (QED) is 0.396. The minimum atomic E-state index is -4.41. The number of alkyl halides is 3. The first-order valence-corrected chi connectivity index (χ1v) is 11.1. The van der Waals surface area contributed by atoms with Gasteiger partial charge in [0.2, 0.25) is 0 Å². The third-order valence-corrected chi connectivity index (χ3v) is 5.19. The molecule has 0 radical (unpaired) electrons. The van der Waals surface area contributed by atoms with Crippen LogP contribution in [0.4, 0.5) is 19.0 Å². The van der Waals surface area contributed by atoms with E-state index < -0.39 is 23.6 Å². The number of halogens is 3. The molecule has 1 atom stereocenters. The molecule has 3 aromatic rings. The lowest BCUT2D eigenvalue weighted by Gasteiger charge is -2.21. The van der Waals surface area contributed by atoms with Crippen molar-refractivity contribution in [2.24, 2.45) is 0 Å². The predicted molar refractivity (Wildman–Crippen MR) is 124 cm³/mol. The highest BCUT2D eigenvalue weighted by atomic mass is 19.4. The Balaban J connectivity index is 1.78. The summed E-state index contributed by atoms with van der Waals surface area (Å²) in [5, 5.41) is 3.27. The average molecular weight is 486 g/mol. The summed E-state index contributed by atoms with van der Waals surface area (Å²) >= 11 is 0. The monoisotopic (exact) mass is 486 g/mol. The second-order valence-corrected chi connectivity index (χ2v) is 7.69. The normalized spacial score (nSPS) is 12.0. The Labute approximate surface area is 200 Å². The summed E-state index contributed by atoms with van der Waals surface area (Å²) in [6.45, 7) is 3.62. The number of benzene rings is 2. The summed E-state index contributed by atoms with van der Waals surface area (Å²) in [7, 11) is 0. The van der Waals surface area contributed by atoms with E-state index in [-0.39, 0.29) is 12.5 Å². The molecule has 0 aliphatic heterocycles. The maximum atomic E-state index is 12.8. The third kappa shape index (κ3) is 6.78. The maximum absolute atomic E-state index is 12.8. The first-order valence-electron chi connectivity index (χ1n) is 11.1. The molecule has 2 aromatic carbocycles. The Bertz CT molecular complexity index is 1150. The highest BCUT2D eigenvalue weighted by Crippen LogP contribution is 2.31. The summed E-state index contributed by atoms with van der Waals surface area (Å²) < 4.78 is 38.4. The van der Waals surface area contributed by atoms with E-state index in [1.165, 1.54) is 24.5 Å². The zero-order valence-corrected chi connectivity index (χ0v) is 19.2. The number of nitrogens with one attached hydrogen (secondary N) is 2. The summed E-state index contributed by atoms with van der Waals surface area (Å²) in [5.74, 6) is -0.664. The van der Waals surface area contributed by atoms with Gasteiger partial charge in [0.1, 0.15) is 5.82 Å². The smallest absolute Gasteiger partial charge is 0.362 e. The fraction of sp³-hybridized carbons (Fsp3) is 0.280. The van der Waals surface area contributed by atoms with Crippen LogP contribution in [-0.4, -0.2) is 21.8 Å². The van der Waals surface area contributed by atoms with Crippen LogP contribution >= 0.6 is 0 Å². The van der Waals surface area contributed by atoms with Crippen molar-refractivity contribution in [2.45, 2.75) is 45.3 Å². The van der Waals surface area contributed by atoms with Crippen LogP contribution in [0.15, 0.2) is 60.9 Å². The van der Waals surface area contributed by atoms with Crippen LogP contribution in [0.25, 0.3) is 11.3 Å². The number of hydrogen-bond acceptors (Lipinski definition) is 6. The standard InChI is InChI=1S/C25H25F3N4O3/c1-3-7-20(18-8-5-6-9-19(18)24(34)32-35-23(33)4-2)31-22-15-29-21(14-30-22)16-10-12-17(13-11-16)25(26,27)28/h5-6,8-15,20H,3-4,7H2,1-2H3,(H,30,31)(H,32,34). The van der Waals surface area contributed by atoms with E-state index >= 15 is 0 Å². The molecule has 10 heteroatoms. The minimum Gasteiger partial charge on any atom is -0.362 e. The van der Waals surface area contributed by atoms with Crippen molar-refractivity contribution >= 4 is 17.7 Å². The molecule has 35 heavy (non-hydrogen) atoms. The molecule has 0 spiro atoms. The van der Waals surface area contributed by atoms with Crippen molar-refractivity contribution in [3.05, 3.63) is 77.6 Å². The number of hydrogen-bond donors (Lipinski definition) is 2. The number of rotatable bonds is 8. The molecule has 7 nitrogen and oxygen atoms in total. The number of amides is 1. The SMILES string of the molecule is CCCC(Nc1cnc(-c2ccc(C(F)(F)F)cc2)cn1)c1ccccc1C(=O)NOC(=O)CC. The third-order valence-electron chi connectivity index (χ3n) is 5.19. The van der Waals surface area contributed by atoms with Gasteiger partial charge in [-0.05, 0) is 30.2 Å². The molecule has 2 N–H and O–H groups in total. The van der Waals surface area contributed by atoms with Gasteiger partial charge >= 0.3 is 12.1 Å². The van der Waals surface area contributed by atoms with Crippen LogP contribution in [0, 0.1) is 0 Å². The number of anilines is 1. The summed E-state index contributed by atoms with van der Waals surface area (Å²) in [6, 6.07) is 11.3. The molecule has 1 unspecified atom stereocenters. The van der Waals surface area contributed by atoms with Crippen molar-refractivity contribution in [2.75, 3.05) is 5.32 Å². The number of nitrogens with zero attached hydrogens (tertiary/aromatic N) is 2. The van der Waals surface area contributed by atoms with Crippen LogP contribution in [0.2, 0.25) is 0 Å². The van der Waals surface area contributed by atoms with E-state index in [1.54, 1.807) is 31.2 Å². The molecule has 0 saturated carbocycles. The van der Waals surface area contributed by atoms with Crippen LogP contribution in [0.3, 0.4) is 0 Å². The van der Waals surface area contributed by atoms with E-state index in [9.17, 15) is 22.8 Å². The van der Waals surface area contributed by atoms with Crippen molar-refractivity contribution in [3.63, 3.8) is 0 Å². The average Bonchev–Trinajstić information content (AvgIpc) is 2.86. The second-order valence-electron chi connectivity index (χ2n) is 7.69. The highest BCUT2D eigenvalue weighted by molar-refractivity contribution is 5.95. The van der Waals surface area contributed by atoms with Gasteiger partial charge in [-0.25, -0.2) is 9.78 Å². The van der Waals surface area contributed by atoms with Crippen LogP contribution < -0.4 is 10.8 Å². The van der Waals surface area contributed by atoms with Gasteiger partial charge in [0.25, 0.3) is 5.91 Å². The first-order chi connectivity index (χ1) is 16.7. The van der Waals surface area contributed by atoms with Gasteiger partial charge in [-0.3, -0.25) is 9.78 Å². The van der Waals surface area contributed by atoms with Gasteiger partial charge in [0, 0.05) is 17.5 Å². The van der Waals surface area contributed by atoms with Gasteiger partial charge in [0.15, 0.2) is 0 Å². The van der Waals surface area contributed by atoms with Crippen molar-refractivity contribution in [3.8, 4) is 11.3 Å². The van der Waals surface area contributed by atoms with Crippen molar-refractivity contribution in [1.29, 1.82) is 0 Å². The van der Waals surface area contributed by atoms with Gasteiger partial charge in [0.05, 0.1) is 29.7 Å². The maximum Gasteiger partial charge on any atom is 0.416 e. The molecule has 184 valence electrons. The molecular formula is C25H25F3N4O3. The second kappa shape index (κ2) is 11.5. The fourth-order valence-corrected chi connectivity index (χ4v) is 3.39. The summed E-state index contributed by atoms with van der Waals surface area (Å²) in [5.41, 5.74) is 3.40. The molecule has 1 heterocycles. The van der Waals surface area contributed by atoms with E-state index in [4.69, 9.17) is 4.84 Å². The molecule has 0 fully saturated rings. The minimum absolute atomic E-state index is 0.128. The van der Waals surface area contributed by atoms with Crippen molar-refractivity contribution in [1.82, 2.24) is 15.4 Å². The molecule has 3 rings (SSSR count). The zero-order chi connectivity index (χ0) is 25.4. The Hall–Kier alpha value is -3.95. The molecule has 0 aliphatic carbocycles. The molecule has 1 aromatic heterocycles. The van der Waals surface area contributed by atoms with Gasteiger partial charge < -0.3 is 10.2 Å². The van der Waals surface area contributed by atoms with Gasteiger partial charge in [-0.1, -0.05) is 50.6 Å². The van der Waals surface area contributed by atoms with E-state index in [0.717, 1.165) is 18.6 Å². The molecular weight excluding hydrogens is 461 g/mol. The van der Waals surface area contributed by atoms with Crippen LogP contribution in [0.5, 0.6) is 0 Å². The number of aromatic nitrogens is 2. The van der Waals surface area contributed by atoms with Crippen molar-refractivity contribution < 1.29 is 27.6 Å². The zero-order valence-electron chi connectivity index (χ0n) is 19.2. The first kappa shape index (κ1) is 25.7. The predicted octanol–water partition coefficient (Wildman–Crippen LogP) is 5.71. The van der Waals surface area contributed by atoms with Gasteiger partial charge in [-0.2, -0.15) is 18.7 Å². The molecule has 0 aliphatic rings. The van der Waals surface area contributed by atoms with Gasteiger partial charge in [-0.15, -0.1) is 0 Å². The topological polar surface area (TPSA) is 93.2 Å². The Morgan fingerprint density at radius 1 is 1.00 bits per heavy atom.